The average molecular weight is 519 g/mol. The van der Waals surface area contributed by atoms with E-state index in [4.69, 9.17) is 9.73 Å². The summed E-state index contributed by atoms with van der Waals surface area (Å²) >= 11 is 0. The summed E-state index contributed by atoms with van der Waals surface area (Å²) in [6.07, 6.45) is 1.94. The van der Waals surface area contributed by atoms with E-state index in [1.54, 1.807) is 6.07 Å². The standard InChI is InChI=1S/C21H37N5O2.HI/c1-5-22-20(24-17-21(3,4)25-13-15-28-16-14-25)23-11-6-7-12-26-18(2)9-8-10-19(26)27;/h8-10H,5-7,11-17H2,1-4H3,(H2,22,23,24);1H. The number of nitrogens with one attached hydrogen (secondary N) is 2. The molecule has 0 bridgehead atoms. The summed E-state index contributed by atoms with van der Waals surface area (Å²) in [5.74, 6) is 0.858. The van der Waals surface area contributed by atoms with E-state index in [1.807, 2.05) is 23.6 Å². The van der Waals surface area contributed by atoms with Crippen molar-refractivity contribution in [2.75, 3.05) is 45.9 Å². The highest BCUT2D eigenvalue weighted by atomic mass is 127. The molecule has 0 saturated carbocycles. The number of aryl methyl sites for hydroxylation is 1. The lowest BCUT2D eigenvalue weighted by Crippen LogP contribution is -2.52. The molecule has 7 nitrogen and oxygen atoms in total. The van der Waals surface area contributed by atoms with Crippen LogP contribution in [0.3, 0.4) is 0 Å². The normalized spacial score (nSPS) is 15.7. The number of hydrogen-bond acceptors (Lipinski definition) is 4. The van der Waals surface area contributed by atoms with Gasteiger partial charge in [-0.3, -0.25) is 14.7 Å². The summed E-state index contributed by atoms with van der Waals surface area (Å²) in [7, 11) is 0. The number of morpholine rings is 1. The Morgan fingerprint density at radius 3 is 2.59 bits per heavy atom. The van der Waals surface area contributed by atoms with E-state index in [-0.39, 0.29) is 35.1 Å². The van der Waals surface area contributed by atoms with E-state index in [0.29, 0.717) is 0 Å². The number of aliphatic imine (C=N–C) groups is 1. The van der Waals surface area contributed by atoms with E-state index < -0.39 is 0 Å². The van der Waals surface area contributed by atoms with Crippen LogP contribution in [0.15, 0.2) is 28.0 Å². The van der Waals surface area contributed by atoms with Gasteiger partial charge in [0.1, 0.15) is 0 Å². The fourth-order valence-corrected chi connectivity index (χ4v) is 3.39. The van der Waals surface area contributed by atoms with E-state index in [0.717, 1.165) is 77.0 Å². The maximum Gasteiger partial charge on any atom is 0.250 e. The maximum absolute atomic E-state index is 11.9. The predicted octanol–water partition coefficient (Wildman–Crippen LogP) is 2.22. The molecule has 0 radical (unpaired) electrons. The molecule has 0 spiro atoms. The number of ether oxygens (including phenoxy) is 1. The van der Waals surface area contributed by atoms with Crippen molar-refractivity contribution in [3.63, 3.8) is 0 Å². The highest BCUT2D eigenvalue weighted by Gasteiger charge is 2.28. The summed E-state index contributed by atoms with van der Waals surface area (Å²) in [5, 5.41) is 6.75. The van der Waals surface area contributed by atoms with Crippen LogP contribution in [-0.4, -0.2) is 66.9 Å². The van der Waals surface area contributed by atoms with Gasteiger partial charge < -0.3 is 19.9 Å². The van der Waals surface area contributed by atoms with Crippen LogP contribution in [0.5, 0.6) is 0 Å². The van der Waals surface area contributed by atoms with Crippen LogP contribution in [0.2, 0.25) is 0 Å². The van der Waals surface area contributed by atoms with Crippen LogP contribution in [0.4, 0.5) is 0 Å². The number of halogens is 1. The largest absolute Gasteiger partial charge is 0.379 e. The summed E-state index contributed by atoms with van der Waals surface area (Å²) in [4.78, 5) is 19.2. The van der Waals surface area contributed by atoms with Gasteiger partial charge in [0.25, 0.3) is 5.56 Å². The first-order valence-corrected chi connectivity index (χ1v) is 10.5. The monoisotopic (exact) mass is 519 g/mol. The molecule has 0 aliphatic carbocycles. The Labute approximate surface area is 192 Å². The second-order valence-electron chi connectivity index (χ2n) is 7.90. The lowest BCUT2D eigenvalue weighted by atomic mass is 10.0. The van der Waals surface area contributed by atoms with Gasteiger partial charge >= 0.3 is 0 Å². The summed E-state index contributed by atoms with van der Waals surface area (Å²) < 4.78 is 7.30. The molecule has 1 aliphatic heterocycles. The SMILES string of the molecule is CCNC(=NCC(C)(C)N1CCOCC1)NCCCCn1c(C)cccc1=O.I. The zero-order valence-electron chi connectivity index (χ0n) is 18.4. The minimum Gasteiger partial charge on any atom is -0.379 e. The van der Waals surface area contributed by atoms with Gasteiger partial charge in [0.05, 0.1) is 19.8 Å². The van der Waals surface area contributed by atoms with Crippen molar-refractivity contribution in [3.05, 3.63) is 34.2 Å². The molecule has 2 N–H and O–H groups in total. The third-order valence-corrected chi connectivity index (χ3v) is 5.20. The minimum atomic E-state index is 0. The molecule has 0 aromatic carbocycles. The second kappa shape index (κ2) is 13.2. The summed E-state index contributed by atoms with van der Waals surface area (Å²) in [5.41, 5.74) is 1.10. The van der Waals surface area contributed by atoms with Crippen LogP contribution in [0, 0.1) is 6.92 Å². The van der Waals surface area contributed by atoms with E-state index in [2.05, 4.69) is 36.3 Å². The molecule has 0 atom stereocenters. The molecular formula is C21H38IN5O2. The molecule has 1 saturated heterocycles. The van der Waals surface area contributed by atoms with Crippen molar-refractivity contribution < 1.29 is 4.74 Å². The number of pyridine rings is 1. The van der Waals surface area contributed by atoms with Crippen LogP contribution in [0.25, 0.3) is 0 Å². The number of hydrogen-bond donors (Lipinski definition) is 2. The first kappa shape index (κ1) is 25.9. The molecule has 0 amide bonds. The number of rotatable bonds is 9. The smallest absolute Gasteiger partial charge is 0.250 e. The predicted molar refractivity (Wildman–Crippen MR) is 131 cm³/mol. The molecule has 0 unspecified atom stereocenters. The van der Waals surface area contributed by atoms with Crippen LogP contribution < -0.4 is 16.2 Å². The number of unbranched alkanes of at least 4 members (excludes halogenated alkanes) is 1. The summed E-state index contributed by atoms with van der Waals surface area (Å²) in [6.45, 7) is 15.2. The Hall–Kier alpha value is -1.13. The molecule has 1 aliphatic rings. The van der Waals surface area contributed by atoms with Gasteiger partial charge in [-0.1, -0.05) is 6.07 Å². The third-order valence-electron chi connectivity index (χ3n) is 5.20. The van der Waals surface area contributed by atoms with Crippen molar-refractivity contribution in [2.24, 2.45) is 4.99 Å². The van der Waals surface area contributed by atoms with E-state index >= 15 is 0 Å². The zero-order valence-corrected chi connectivity index (χ0v) is 20.7. The van der Waals surface area contributed by atoms with Crippen LogP contribution in [0.1, 0.15) is 39.3 Å². The molecule has 1 aromatic rings. The number of nitrogens with zero attached hydrogens (tertiary/aromatic N) is 3. The van der Waals surface area contributed by atoms with E-state index in [1.165, 1.54) is 0 Å². The van der Waals surface area contributed by atoms with Gasteiger partial charge in [-0.2, -0.15) is 0 Å². The number of guanidine groups is 1. The Balaban J connectivity index is 0.00000420. The van der Waals surface area contributed by atoms with Crippen molar-refractivity contribution in [2.45, 2.75) is 52.6 Å². The van der Waals surface area contributed by atoms with Crippen molar-refractivity contribution in [3.8, 4) is 0 Å². The van der Waals surface area contributed by atoms with Crippen molar-refractivity contribution in [1.82, 2.24) is 20.1 Å². The molecule has 2 rings (SSSR count). The lowest BCUT2D eigenvalue weighted by molar-refractivity contribution is -0.00683. The Bertz CT molecular complexity index is 684. The van der Waals surface area contributed by atoms with Gasteiger partial charge in [-0.05, 0) is 46.6 Å². The maximum atomic E-state index is 11.9. The topological polar surface area (TPSA) is 70.9 Å². The Morgan fingerprint density at radius 2 is 1.93 bits per heavy atom. The second-order valence-corrected chi connectivity index (χ2v) is 7.90. The first-order chi connectivity index (χ1) is 13.4. The molecule has 1 fully saturated rings. The fourth-order valence-electron chi connectivity index (χ4n) is 3.39. The van der Waals surface area contributed by atoms with Gasteiger partial charge in [-0.15, -0.1) is 24.0 Å². The lowest BCUT2D eigenvalue weighted by Gasteiger charge is -2.39. The fraction of sp³-hybridized carbons (Fsp3) is 0.714. The van der Waals surface area contributed by atoms with Crippen molar-refractivity contribution >= 4 is 29.9 Å². The van der Waals surface area contributed by atoms with Gasteiger partial charge in [0.2, 0.25) is 0 Å². The van der Waals surface area contributed by atoms with Gasteiger partial charge in [-0.25, -0.2) is 0 Å². The number of aromatic nitrogens is 1. The molecule has 166 valence electrons. The van der Waals surface area contributed by atoms with E-state index in [9.17, 15) is 4.79 Å². The molecule has 1 aromatic heterocycles. The highest BCUT2D eigenvalue weighted by Crippen LogP contribution is 2.16. The van der Waals surface area contributed by atoms with Crippen LogP contribution in [-0.2, 0) is 11.3 Å². The summed E-state index contributed by atoms with van der Waals surface area (Å²) in [6, 6.07) is 5.41. The first-order valence-electron chi connectivity index (χ1n) is 10.5. The molecular weight excluding hydrogens is 481 g/mol. The zero-order chi connectivity index (χ0) is 20.4. The minimum absolute atomic E-state index is 0. The Morgan fingerprint density at radius 1 is 1.21 bits per heavy atom. The van der Waals surface area contributed by atoms with Gasteiger partial charge in [0.15, 0.2) is 5.96 Å². The Kier molecular flexibility index (Phi) is 11.8. The molecule has 29 heavy (non-hydrogen) atoms. The van der Waals surface area contributed by atoms with Crippen molar-refractivity contribution in [1.29, 1.82) is 0 Å². The quantitative estimate of drug-likeness (QED) is 0.227. The van der Waals surface area contributed by atoms with Gasteiger partial charge in [0, 0.05) is 50.0 Å². The molecule has 2 heterocycles. The van der Waals surface area contributed by atoms with Crippen LogP contribution >= 0.6 is 24.0 Å². The third kappa shape index (κ3) is 8.64. The molecule has 8 heteroatoms. The average Bonchev–Trinajstić information content (AvgIpc) is 2.68. The highest BCUT2D eigenvalue weighted by molar-refractivity contribution is 14.0.